The van der Waals surface area contributed by atoms with Crippen LogP contribution in [0.1, 0.15) is 0 Å². The van der Waals surface area contributed by atoms with Gasteiger partial charge in [0.05, 0.1) is 0 Å². The SMILES string of the molecule is c1ccc(-c2cccc(N(c3ccccc3)c3ccc(-c4cccc5cc(-c6ccc7ccccc7c6)ccc45)cc3)c2)cc1. The zero-order valence-corrected chi connectivity index (χ0v) is 24.8. The van der Waals surface area contributed by atoms with Gasteiger partial charge >= 0.3 is 0 Å². The van der Waals surface area contributed by atoms with Crippen LogP contribution in [0.15, 0.2) is 188 Å². The molecule has 0 aromatic heterocycles. The number of hydrogen-bond acceptors (Lipinski definition) is 1. The van der Waals surface area contributed by atoms with Crippen LogP contribution in [-0.2, 0) is 0 Å². The normalized spacial score (nSPS) is 11.1. The highest BCUT2D eigenvalue weighted by molar-refractivity contribution is 5.99. The Morgan fingerprint density at radius 3 is 1.60 bits per heavy atom. The van der Waals surface area contributed by atoms with E-state index in [0.29, 0.717) is 0 Å². The van der Waals surface area contributed by atoms with E-state index in [9.17, 15) is 0 Å². The minimum Gasteiger partial charge on any atom is -0.310 e. The van der Waals surface area contributed by atoms with Crippen LogP contribution in [0.25, 0.3) is 54.9 Å². The number of fused-ring (bicyclic) bond motifs is 2. The molecule has 1 nitrogen and oxygen atoms in total. The third kappa shape index (κ3) is 5.26. The zero-order valence-electron chi connectivity index (χ0n) is 24.8. The summed E-state index contributed by atoms with van der Waals surface area (Å²) in [4.78, 5) is 2.33. The molecule has 0 atom stereocenters. The Morgan fingerprint density at radius 2 is 0.800 bits per heavy atom. The molecule has 0 aliphatic rings. The van der Waals surface area contributed by atoms with E-state index in [1.165, 1.54) is 54.9 Å². The third-order valence-corrected chi connectivity index (χ3v) is 8.63. The summed E-state index contributed by atoms with van der Waals surface area (Å²) in [6, 6.07) is 67.6. The lowest BCUT2D eigenvalue weighted by Crippen LogP contribution is -2.09. The molecule has 0 saturated carbocycles. The molecule has 212 valence electrons. The molecular weight excluding hydrogens is 542 g/mol. The highest BCUT2D eigenvalue weighted by Gasteiger charge is 2.14. The van der Waals surface area contributed by atoms with Crippen LogP contribution in [0, 0.1) is 0 Å². The van der Waals surface area contributed by atoms with Crippen molar-refractivity contribution in [2.24, 2.45) is 0 Å². The van der Waals surface area contributed by atoms with Crippen molar-refractivity contribution in [1.29, 1.82) is 0 Å². The molecule has 0 unspecified atom stereocenters. The van der Waals surface area contributed by atoms with E-state index < -0.39 is 0 Å². The predicted octanol–water partition coefficient (Wildman–Crippen LogP) is 12.5. The van der Waals surface area contributed by atoms with Crippen molar-refractivity contribution in [2.75, 3.05) is 4.90 Å². The predicted molar refractivity (Wildman–Crippen MR) is 192 cm³/mol. The van der Waals surface area contributed by atoms with E-state index in [2.05, 4.69) is 193 Å². The molecule has 0 aliphatic carbocycles. The number of nitrogens with zero attached hydrogens (tertiary/aromatic N) is 1. The summed E-state index contributed by atoms with van der Waals surface area (Å²) in [7, 11) is 0. The van der Waals surface area contributed by atoms with Crippen LogP contribution in [0.3, 0.4) is 0 Å². The van der Waals surface area contributed by atoms with Gasteiger partial charge in [-0.05, 0) is 103 Å². The topological polar surface area (TPSA) is 3.24 Å². The van der Waals surface area contributed by atoms with Crippen LogP contribution in [0.2, 0.25) is 0 Å². The van der Waals surface area contributed by atoms with E-state index in [1.54, 1.807) is 0 Å². The van der Waals surface area contributed by atoms with Gasteiger partial charge in [0.25, 0.3) is 0 Å². The molecule has 8 aromatic carbocycles. The Morgan fingerprint density at radius 1 is 0.267 bits per heavy atom. The Labute approximate surface area is 264 Å². The van der Waals surface area contributed by atoms with Gasteiger partial charge in [0.1, 0.15) is 0 Å². The Balaban J connectivity index is 1.16. The fourth-order valence-electron chi connectivity index (χ4n) is 6.35. The van der Waals surface area contributed by atoms with E-state index >= 15 is 0 Å². The average molecular weight is 574 g/mol. The Kier molecular flexibility index (Phi) is 6.90. The summed E-state index contributed by atoms with van der Waals surface area (Å²) in [6.45, 7) is 0. The van der Waals surface area contributed by atoms with Crippen LogP contribution < -0.4 is 4.90 Å². The summed E-state index contributed by atoms with van der Waals surface area (Å²) in [6.07, 6.45) is 0. The number of hydrogen-bond donors (Lipinski definition) is 0. The average Bonchev–Trinajstić information content (AvgIpc) is 3.12. The lowest BCUT2D eigenvalue weighted by atomic mass is 9.94. The van der Waals surface area contributed by atoms with Crippen molar-refractivity contribution in [3.8, 4) is 33.4 Å². The van der Waals surface area contributed by atoms with Crippen molar-refractivity contribution in [3.05, 3.63) is 188 Å². The first-order chi connectivity index (χ1) is 22.3. The molecule has 0 heterocycles. The largest absolute Gasteiger partial charge is 0.310 e. The van der Waals surface area contributed by atoms with Crippen molar-refractivity contribution in [2.45, 2.75) is 0 Å². The van der Waals surface area contributed by atoms with Gasteiger partial charge < -0.3 is 4.90 Å². The third-order valence-electron chi connectivity index (χ3n) is 8.63. The second-order valence-corrected chi connectivity index (χ2v) is 11.4. The first-order valence-corrected chi connectivity index (χ1v) is 15.4. The van der Waals surface area contributed by atoms with Gasteiger partial charge in [-0.15, -0.1) is 0 Å². The molecule has 0 radical (unpaired) electrons. The maximum atomic E-state index is 2.33. The van der Waals surface area contributed by atoms with Crippen molar-refractivity contribution >= 4 is 38.6 Å². The summed E-state index contributed by atoms with van der Waals surface area (Å²) in [5.74, 6) is 0. The van der Waals surface area contributed by atoms with Crippen molar-refractivity contribution in [3.63, 3.8) is 0 Å². The number of rotatable bonds is 6. The van der Waals surface area contributed by atoms with Gasteiger partial charge in [0, 0.05) is 17.1 Å². The highest BCUT2D eigenvalue weighted by atomic mass is 15.1. The van der Waals surface area contributed by atoms with Crippen molar-refractivity contribution in [1.82, 2.24) is 0 Å². The standard InChI is InChI=1S/C44H31N/c1-3-11-32(12-4-1)36-15-9-19-42(31-36)45(40-17-5-2-6-18-40)41-26-23-34(24-27-41)43-20-10-16-39-30-38(25-28-44(39)43)37-22-21-33-13-7-8-14-35(33)29-37/h1-31H. The van der Waals surface area contributed by atoms with E-state index in [-0.39, 0.29) is 0 Å². The van der Waals surface area contributed by atoms with Gasteiger partial charge in [-0.25, -0.2) is 0 Å². The second-order valence-electron chi connectivity index (χ2n) is 11.4. The minimum absolute atomic E-state index is 1.12. The zero-order chi connectivity index (χ0) is 30.0. The van der Waals surface area contributed by atoms with Crippen LogP contribution in [0.5, 0.6) is 0 Å². The fraction of sp³-hybridized carbons (Fsp3) is 0. The van der Waals surface area contributed by atoms with Gasteiger partial charge in [-0.2, -0.15) is 0 Å². The van der Waals surface area contributed by atoms with Crippen molar-refractivity contribution < 1.29 is 0 Å². The van der Waals surface area contributed by atoms with Crippen LogP contribution in [0.4, 0.5) is 17.1 Å². The van der Waals surface area contributed by atoms with Gasteiger partial charge in [0.15, 0.2) is 0 Å². The maximum Gasteiger partial charge on any atom is 0.0467 e. The molecule has 8 rings (SSSR count). The monoisotopic (exact) mass is 573 g/mol. The molecule has 0 fully saturated rings. The molecule has 0 saturated heterocycles. The lowest BCUT2D eigenvalue weighted by Gasteiger charge is -2.26. The van der Waals surface area contributed by atoms with E-state index in [1.807, 2.05) is 0 Å². The molecule has 0 N–H and O–H groups in total. The molecule has 45 heavy (non-hydrogen) atoms. The lowest BCUT2D eigenvalue weighted by molar-refractivity contribution is 1.28. The summed E-state index contributed by atoms with van der Waals surface area (Å²) < 4.78 is 0. The van der Waals surface area contributed by atoms with Gasteiger partial charge in [-0.1, -0.05) is 140 Å². The van der Waals surface area contributed by atoms with Gasteiger partial charge in [0.2, 0.25) is 0 Å². The molecular formula is C44H31N. The summed E-state index contributed by atoms with van der Waals surface area (Å²) in [5, 5.41) is 5.03. The van der Waals surface area contributed by atoms with Crippen LogP contribution in [-0.4, -0.2) is 0 Å². The van der Waals surface area contributed by atoms with Gasteiger partial charge in [-0.3, -0.25) is 0 Å². The summed E-state index contributed by atoms with van der Waals surface area (Å²) in [5.41, 5.74) is 10.7. The van der Waals surface area contributed by atoms with E-state index in [0.717, 1.165) is 17.1 Å². The molecule has 8 aromatic rings. The molecule has 0 aliphatic heterocycles. The highest BCUT2D eigenvalue weighted by Crippen LogP contribution is 2.38. The molecule has 0 bridgehead atoms. The molecule has 0 spiro atoms. The van der Waals surface area contributed by atoms with E-state index in [4.69, 9.17) is 0 Å². The molecule has 0 amide bonds. The minimum atomic E-state index is 1.12. The molecule has 1 heteroatoms. The smallest absolute Gasteiger partial charge is 0.0467 e. The Hall–Kier alpha value is -5.92. The Bertz CT molecular complexity index is 2250. The quantitative estimate of drug-likeness (QED) is 0.191. The maximum absolute atomic E-state index is 2.33. The first kappa shape index (κ1) is 26.7. The second kappa shape index (κ2) is 11.6. The summed E-state index contributed by atoms with van der Waals surface area (Å²) >= 11 is 0. The number of benzene rings is 8. The fourth-order valence-corrected chi connectivity index (χ4v) is 6.35. The number of anilines is 3. The number of para-hydroxylation sites is 1. The first-order valence-electron chi connectivity index (χ1n) is 15.4. The van der Waals surface area contributed by atoms with Crippen LogP contribution >= 0.6 is 0 Å².